The van der Waals surface area contributed by atoms with Gasteiger partial charge in [0.2, 0.25) is 0 Å². The molecule has 1 unspecified atom stereocenters. The van der Waals surface area contributed by atoms with Gasteiger partial charge in [0.1, 0.15) is 0 Å². The number of nitrogens with zero attached hydrogens (tertiary/aromatic N) is 1. The zero-order chi connectivity index (χ0) is 16.2. The Morgan fingerprint density at radius 3 is 2.14 bits per heavy atom. The van der Waals surface area contributed by atoms with Crippen LogP contribution in [0.2, 0.25) is 0 Å². The van der Waals surface area contributed by atoms with E-state index in [9.17, 15) is 5.11 Å². The van der Waals surface area contributed by atoms with Gasteiger partial charge in [0.25, 0.3) is 0 Å². The van der Waals surface area contributed by atoms with Crippen LogP contribution in [0.3, 0.4) is 0 Å². The molecule has 0 spiro atoms. The summed E-state index contributed by atoms with van der Waals surface area (Å²) in [6.07, 6.45) is -0.862. The Morgan fingerprint density at radius 1 is 0.955 bits per heavy atom. The van der Waals surface area contributed by atoms with E-state index in [0.717, 1.165) is 5.69 Å². The van der Waals surface area contributed by atoms with Gasteiger partial charge in [0, 0.05) is 32.1 Å². The number of hydrogen-bond acceptors (Lipinski definition) is 5. The maximum absolute atomic E-state index is 10.1. The average molecular weight is 311 g/mol. The number of para-hydroxylation sites is 1. The van der Waals surface area contributed by atoms with Gasteiger partial charge in [-0.15, -0.1) is 0 Å². The van der Waals surface area contributed by atoms with Gasteiger partial charge in [-0.1, -0.05) is 18.2 Å². The van der Waals surface area contributed by atoms with Gasteiger partial charge in [-0.3, -0.25) is 0 Å². The first-order chi connectivity index (χ1) is 10.7. The van der Waals surface area contributed by atoms with E-state index in [4.69, 9.17) is 14.2 Å². The molecule has 0 saturated heterocycles. The Bertz CT molecular complexity index is 368. The molecule has 0 aromatic heterocycles. The van der Waals surface area contributed by atoms with Gasteiger partial charge >= 0.3 is 0 Å². The molecule has 1 atom stereocenters. The Balaban J connectivity index is 2.72. The molecule has 0 aliphatic rings. The molecular weight excluding hydrogens is 282 g/mol. The highest BCUT2D eigenvalue weighted by atomic mass is 16.7. The van der Waals surface area contributed by atoms with Crippen LogP contribution in [-0.2, 0) is 14.2 Å². The number of hydrogen-bond donors (Lipinski definition) is 1. The molecule has 126 valence electrons. The van der Waals surface area contributed by atoms with E-state index in [-0.39, 0.29) is 6.29 Å². The fourth-order valence-corrected chi connectivity index (χ4v) is 2.19. The molecule has 0 fully saturated rings. The Labute approximate surface area is 133 Å². The minimum absolute atomic E-state index is 0.311. The van der Waals surface area contributed by atoms with Crippen LogP contribution in [0.5, 0.6) is 0 Å². The molecule has 0 amide bonds. The largest absolute Gasteiger partial charge is 0.389 e. The Kier molecular flexibility index (Phi) is 9.82. The smallest absolute Gasteiger partial charge is 0.174 e. The van der Waals surface area contributed by atoms with Crippen LogP contribution < -0.4 is 4.90 Å². The van der Waals surface area contributed by atoms with Gasteiger partial charge in [-0.05, 0) is 32.9 Å². The topological polar surface area (TPSA) is 51.2 Å². The molecule has 0 aliphatic carbocycles. The molecule has 1 rings (SSSR count). The molecular formula is C17H29NO4. The molecule has 0 heterocycles. The van der Waals surface area contributed by atoms with Crippen LogP contribution >= 0.6 is 0 Å². The minimum atomic E-state index is -0.552. The summed E-state index contributed by atoms with van der Waals surface area (Å²) in [5, 5.41) is 10.1. The highest BCUT2D eigenvalue weighted by Gasteiger charge is 2.18. The van der Waals surface area contributed by atoms with Crippen molar-refractivity contribution in [2.75, 3.05) is 44.4 Å². The third kappa shape index (κ3) is 7.22. The number of aliphatic hydroxyl groups is 1. The SMILES string of the molecule is CCOCC(O)CN(CC(OCC)OCC)c1ccccc1. The maximum atomic E-state index is 10.1. The molecule has 0 bridgehead atoms. The van der Waals surface area contributed by atoms with Crippen LogP contribution in [0.4, 0.5) is 5.69 Å². The minimum Gasteiger partial charge on any atom is -0.389 e. The van der Waals surface area contributed by atoms with E-state index in [2.05, 4.69) is 4.90 Å². The van der Waals surface area contributed by atoms with E-state index in [1.54, 1.807) is 0 Å². The lowest BCUT2D eigenvalue weighted by Gasteiger charge is -2.30. The predicted octanol–water partition coefficient (Wildman–Crippen LogP) is 2.29. The van der Waals surface area contributed by atoms with Gasteiger partial charge in [0.15, 0.2) is 6.29 Å². The zero-order valence-electron chi connectivity index (χ0n) is 13.9. The van der Waals surface area contributed by atoms with E-state index in [1.807, 2.05) is 51.1 Å². The first-order valence-electron chi connectivity index (χ1n) is 8.00. The maximum Gasteiger partial charge on any atom is 0.174 e. The van der Waals surface area contributed by atoms with E-state index in [1.165, 1.54) is 0 Å². The van der Waals surface area contributed by atoms with E-state index < -0.39 is 6.10 Å². The van der Waals surface area contributed by atoms with Crippen LogP contribution in [-0.4, -0.2) is 57.0 Å². The summed E-state index contributed by atoms with van der Waals surface area (Å²) >= 11 is 0. The van der Waals surface area contributed by atoms with Crippen molar-refractivity contribution in [2.45, 2.75) is 33.2 Å². The summed E-state index contributed by atoms with van der Waals surface area (Å²) in [5.74, 6) is 0. The van der Waals surface area contributed by atoms with Crippen molar-refractivity contribution < 1.29 is 19.3 Å². The highest BCUT2D eigenvalue weighted by molar-refractivity contribution is 5.46. The molecule has 5 heteroatoms. The second kappa shape index (κ2) is 11.4. The zero-order valence-corrected chi connectivity index (χ0v) is 13.9. The molecule has 5 nitrogen and oxygen atoms in total. The second-order valence-electron chi connectivity index (χ2n) is 4.89. The van der Waals surface area contributed by atoms with Gasteiger partial charge in [-0.25, -0.2) is 0 Å². The van der Waals surface area contributed by atoms with Gasteiger partial charge < -0.3 is 24.2 Å². The van der Waals surface area contributed by atoms with Crippen molar-refractivity contribution in [1.29, 1.82) is 0 Å². The molecule has 1 aromatic rings. The lowest BCUT2D eigenvalue weighted by atomic mass is 10.2. The van der Waals surface area contributed by atoms with Crippen LogP contribution in [0, 0.1) is 0 Å². The second-order valence-corrected chi connectivity index (χ2v) is 4.89. The van der Waals surface area contributed by atoms with Crippen molar-refractivity contribution in [3.8, 4) is 0 Å². The normalized spacial score (nSPS) is 12.6. The number of rotatable bonds is 12. The average Bonchev–Trinajstić information content (AvgIpc) is 2.53. The number of benzene rings is 1. The van der Waals surface area contributed by atoms with Gasteiger partial charge in [-0.2, -0.15) is 0 Å². The number of ether oxygens (including phenoxy) is 3. The summed E-state index contributed by atoms with van der Waals surface area (Å²) in [6, 6.07) is 9.97. The molecule has 0 aliphatic heterocycles. The molecule has 0 saturated carbocycles. The fourth-order valence-electron chi connectivity index (χ4n) is 2.19. The number of anilines is 1. The lowest BCUT2D eigenvalue weighted by molar-refractivity contribution is -0.130. The third-order valence-electron chi connectivity index (χ3n) is 3.14. The third-order valence-corrected chi connectivity index (χ3v) is 3.14. The number of aliphatic hydroxyl groups excluding tert-OH is 1. The van der Waals surface area contributed by atoms with Gasteiger partial charge in [0.05, 0.1) is 19.3 Å². The summed E-state index contributed by atoms with van der Waals surface area (Å²) in [5.41, 5.74) is 1.03. The van der Waals surface area contributed by atoms with Crippen molar-refractivity contribution in [3.05, 3.63) is 30.3 Å². The first-order valence-corrected chi connectivity index (χ1v) is 8.00. The van der Waals surface area contributed by atoms with Crippen LogP contribution in [0.15, 0.2) is 30.3 Å². The quantitative estimate of drug-likeness (QED) is 0.600. The molecule has 1 N–H and O–H groups in total. The summed E-state index contributed by atoms with van der Waals surface area (Å²) in [7, 11) is 0. The standard InChI is InChI=1S/C17H29NO4/c1-4-20-14-16(19)12-18(15-10-8-7-9-11-15)13-17(21-5-2)22-6-3/h7-11,16-17,19H,4-6,12-14H2,1-3H3. The summed E-state index contributed by atoms with van der Waals surface area (Å²) in [4.78, 5) is 2.07. The first kappa shape index (κ1) is 18.9. The highest BCUT2D eigenvalue weighted by Crippen LogP contribution is 2.15. The van der Waals surface area contributed by atoms with Crippen molar-refractivity contribution in [2.24, 2.45) is 0 Å². The molecule has 22 heavy (non-hydrogen) atoms. The summed E-state index contributed by atoms with van der Waals surface area (Å²) < 4.78 is 16.5. The Morgan fingerprint density at radius 2 is 1.59 bits per heavy atom. The summed E-state index contributed by atoms with van der Waals surface area (Å²) in [6.45, 7) is 8.96. The van der Waals surface area contributed by atoms with Crippen LogP contribution in [0.25, 0.3) is 0 Å². The van der Waals surface area contributed by atoms with Crippen LogP contribution in [0.1, 0.15) is 20.8 Å². The van der Waals surface area contributed by atoms with E-state index >= 15 is 0 Å². The molecule has 1 aromatic carbocycles. The van der Waals surface area contributed by atoms with Crippen molar-refractivity contribution in [3.63, 3.8) is 0 Å². The van der Waals surface area contributed by atoms with Crippen molar-refractivity contribution in [1.82, 2.24) is 0 Å². The predicted molar refractivity (Wildman–Crippen MR) is 88.2 cm³/mol. The fraction of sp³-hybridized carbons (Fsp3) is 0.647. The Hall–Kier alpha value is -1.14. The van der Waals surface area contributed by atoms with E-state index in [0.29, 0.717) is 39.5 Å². The lowest BCUT2D eigenvalue weighted by Crippen LogP contribution is -2.41. The monoisotopic (exact) mass is 311 g/mol. The molecule has 0 radical (unpaired) electrons. The van der Waals surface area contributed by atoms with Crippen molar-refractivity contribution >= 4 is 5.69 Å².